The first-order chi connectivity index (χ1) is 25.3. The molecule has 0 N–H and O–H groups in total. The van der Waals surface area contributed by atoms with Crippen molar-refractivity contribution >= 4 is 39.2 Å². The topological polar surface area (TPSA) is 16.1 Å². The molecule has 0 radical (unpaired) electrons. The zero-order valence-electron chi connectivity index (χ0n) is 29.7. The predicted octanol–water partition coefficient (Wildman–Crippen LogP) is 13.7. The van der Waals surface area contributed by atoms with Gasteiger partial charge in [0, 0.05) is 44.6 Å². The van der Waals surface area contributed by atoms with Crippen molar-refractivity contribution in [3.05, 3.63) is 168 Å². The number of nitrogens with zero attached hydrogens (tertiary/aromatic N) is 2. The lowest BCUT2D eigenvalue weighted by Gasteiger charge is -2.30. The number of fused-ring (bicyclic) bond motifs is 9. The lowest BCUT2D eigenvalue weighted by molar-refractivity contribution is 0.660. The molecule has 1 aromatic heterocycles. The first-order valence-electron chi connectivity index (χ1n) is 18.2. The van der Waals surface area contributed by atoms with Crippen LogP contribution in [0.5, 0.6) is 0 Å². The Bertz CT molecular complexity index is 2700. The Hall–Kier alpha value is -5.77. The summed E-state index contributed by atoms with van der Waals surface area (Å²) >= 11 is 1.81. The molecule has 0 saturated heterocycles. The first kappa shape index (κ1) is 29.9. The molecule has 0 amide bonds. The van der Waals surface area contributed by atoms with Gasteiger partial charge in [-0.2, -0.15) is 0 Å². The Kier molecular flexibility index (Phi) is 5.98. The van der Waals surface area contributed by atoms with Crippen LogP contribution in [0.25, 0.3) is 65.3 Å². The van der Waals surface area contributed by atoms with E-state index in [1.807, 2.05) is 0 Å². The Morgan fingerprint density at radius 3 is 1.65 bits per heavy atom. The summed E-state index contributed by atoms with van der Waals surface area (Å²) in [7, 11) is 0. The monoisotopic (exact) mass is 684 g/mol. The highest BCUT2D eigenvalue weighted by Crippen LogP contribution is 2.56. The van der Waals surface area contributed by atoms with Crippen LogP contribution in [0.15, 0.2) is 146 Å². The zero-order chi connectivity index (χ0) is 34.9. The third-order valence-corrected chi connectivity index (χ3v) is 13.2. The molecule has 52 heavy (non-hydrogen) atoms. The maximum atomic E-state index is 5.25. The fourth-order valence-electron chi connectivity index (χ4n) is 9.42. The van der Waals surface area contributed by atoms with Crippen molar-refractivity contribution in [3.63, 3.8) is 0 Å². The smallest absolute Gasteiger partial charge is 0.124 e. The maximum absolute atomic E-state index is 5.25. The van der Waals surface area contributed by atoms with Gasteiger partial charge >= 0.3 is 0 Å². The van der Waals surface area contributed by atoms with E-state index in [0.29, 0.717) is 0 Å². The van der Waals surface area contributed by atoms with Crippen LogP contribution in [-0.2, 0) is 10.8 Å². The van der Waals surface area contributed by atoms with Crippen molar-refractivity contribution in [3.8, 4) is 54.5 Å². The average molecular weight is 685 g/mol. The molecule has 3 aliphatic rings. The number of rotatable bonds is 4. The molecule has 2 nitrogen and oxygen atoms in total. The normalized spacial score (nSPS) is 14.8. The number of hydrogen-bond acceptors (Lipinski definition) is 3. The maximum Gasteiger partial charge on any atom is 0.124 e. The minimum Gasteiger partial charge on any atom is -0.310 e. The van der Waals surface area contributed by atoms with E-state index in [4.69, 9.17) is 4.98 Å². The third kappa shape index (κ3) is 3.97. The minimum atomic E-state index is -0.104. The molecule has 248 valence electrons. The van der Waals surface area contributed by atoms with E-state index < -0.39 is 0 Å². The average Bonchev–Trinajstić information content (AvgIpc) is 3.86. The van der Waals surface area contributed by atoms with E-state index >= 15 is 0 Å². The van der Waals surface area contributed by atoms with Crippen LogP contribution in [0.3, 0.4) is 0 Å². The van der Waals surface area contributed by atoms with Crippen molar-refractivity contribution in [2.45, 2.75) is 38.5 Å². The van der Waals surface area contributed by atoms with Gasteiger partial charge in [-0.3, -0.25) is 0 Å². The van der Waals surface area contributed by atoms with E-state index in [9.17, 15) is 0 Å². The third-order valence-electron chi connectivity index (χ3n) is 12.0. The summed E-state index contributed by atoms with van der Waals surface area (Å²) in [5.41, 5.74) is 18.9. The second kappa shape index (κ2) is 10.4. The van der Waals surface area contributed by atoms with Gasteiger partial charge in [-0.05, 0) is 91.7 Å². The molecule has 7 aromatic carbocycles. The van der Waals surface area contributed by atoms with Crippen LogP contribution in [0.2, 0.25) is 0 Å². The number of aromatic nitrogens is 1. The second-order valence-corrected chi connectivity index (χ2v) is 16.6. The Morgan fingerprint density at radius 2 is 1.02 bits per heavy atom. The molecule has 0 spiro atoms. The minimum absolute atomic E-state index is 0.104. The van der Waals surface area contributed by atoms with E-state index in [1.165, 1.54) is 82.7 Å². The van der Waals surface area contributed by atoms with E-state index in [0.717, 1.165) is 22.0 Å². The molecule has 1 heterocycles. The fourth-order valence-corrected chi connectivity index (χ4v) is 10.5. The van der Waals surface area contributed by atoms with Crippen molar-refractivity contribution < 1.29 is 0 Å². The summed E-state index contributed by atoms with van der Waals surface area (Å²) in [6.45, 7) is 9.48. The lowest BCUT2D eigenvalue weighted by atomic mass is 9.82. The molecule has 0 saturated carbocycles. The standard InChI is InChI=1S/C49H36N2S/c1-48(2)40-19-10-8-16-34(40)36-23-21-31(27-42(36)48)51(32-22-24-37-35-17-9-11-20-41(35)49(3,4)43(37)28-32)33-25-30-15-12-18-38-44(30)39(26-33)46-45(38)50-47(52-46)29-13-6-5-7-14-29/h5-28H,1-4H3. The van der Waals surface area contributed by atoms with E-state index in [2.05, 4.69) is 178 Å². The van der Waals surface area contributed by atoms with Gasteiger partial charge in [0.15, 0.2) is 0 Å². The largest absolute Gasteiger partial charge is 0.310 e. The van der Waals surface area contributed by atoms with Crippen LogP contribution < -0.4 is 4.90 Å². The molecule has 11 rings (SSSR count). The summed E-state index contributed by atoms with van der Waals surface area (Å²) in [5.74, 6) is 0. The molecule has 0 fully saturated rings. The fraction of sp³-hybridized carbons (Fsp3) is 0.122. The van der Waals surface area contributed by atoms with Crippen molar-refractivity contribution in [2.24, 2.45) is 0 Å². The van der Waals surface area contributed by atoms with Crippen LogP contribution in [0.4, 0.5) is 17.1 Å². The van der Waals surface area contributed by atoms with Crippen molar-refractivity contribution in [1.82, 2.24) is 4.98 Å². The van der Waals surface area contributed by atoms with Gasteiger partial charge in [0.25, 0.3) is 0 Å². The zero-order valence-corrected chi connectivity index (χ0v) is 30.5. The highest BCUT2D eigenvalue weighted by atomic mass is 32.1. The quantitative estimate of drug-likeness (QED) is 0.183. The number of thiazole rings is 1. The Labute approximate surface area is 308 Å². The lowest BCUT2D eigenvalue weighted by Crippen LogP contribution is -2.18. The summed E-state index contributed by atoms with van der Waals surface area (Å²) in [6.07, 6.45) is 0. The molecule has 0 unspecified atom stereocenters. The molecule has 0 aliphatic heterocycles. The molecule has 8 aromatic rings. The Morgan fingerprint density at radius 1 is 0.462 bits per heavy atom. The Balaban J connectivity index is 1.14. The van der Waals surface area contributed by atoms with Gasteiger partial charge in [0.05, 0.1) is 10.6 Å². The van der Waals surface area contributed by atoms with E-state index in [-0.39, 0.29) is 10.8 Å². The highest BCUT2D eigenvalue weighted by Gasteiger charge is 2.38. The number of anilines is 3. The SMILES string of the molecule is CC1(C)c2ccccc2-c2ccc(N(c3ccc4c(c3)C(C)(C)c3ccccc3-4)c3cc4c5c(cccc5c3)-c3nc(-c5ccccc5)sc3-4)cc21. The molecule has 0 atom stereocenters. The summed E-state index contributed by atoms with van der Waals surface area (Å²) < 4.78 is 0. The van der Waals surface area contributed by atoms with Crippen LogP contribution in [-0.4, -0.2) is 4.98 Å². The first-order valence-corrected chi connectivity index (χ1v) is 19.0. The van der Waals surface area contributed by atoms with E-state index in [1.54, 1.807) is 11.3 Å². The second-order valence-electron chi connectivity index (χ2n) is 15.6. The highest BCUT2D eigenvalue weighted by molar-refractivity contribution is 7.19. The van der Waals surface area contributed by atoms with Crippen LogP contribution in [0, 0.1) is 0 Å². The van der Waals surface area contributed by atoms with Gasteiger partial charge in [-0.1, -0.05) is 137 Å². The van der Waals surface area contributed by atoms with Gasteiger partial charge in [0.1, 0.15) is 5.01 Å². The van der Waals surface area contributed by atoms with Crippen molar-refractivity contribution in [2.75, 3.05) is 4.90 Å². The summed E-state index contributed by atoms with van der Waals surface area (Å²) in [6, 6.07) is 54.2. The molecular formula is C49H36N2S. The van der Waals surface area contributed by atoms with Gasteiger partial charge < -0.3 is 4.90 Å². The van der Waals surface area contributed by atoms with Gasteiger partial charge in [-0.25, -0.2) is 4.98 Å². The number of benzene rings is 7. The molecular weight excluding hydrogens is 649 g/mol. The summed E-state index contributed by atoms with van der Waals surface area (Å²) in [5, 5.41) is 3.61. The molecule has 3 heteroatoms. The number of hydrogen-bond donors (Lipinski definition) is 0. The summed E-state index contributed by atoms with van der Waals surface area (Å²) in [4.78, 5) is 9.00. The van der Waals surface area contributed by atoms with Crippen LogP contribution in [0.1, 0.15) is 49.9 Å². The van der Waals surface area contributed by atoms with Gasteiger partial charge in [-0.15, -0.1) is 11.3 Å². The van der Waals surface area contributed by atoms with Crippen molar-refractivity contribution in [1.29, 1.82) is 0 Å². The van der Waals surface area contributed by atoms with Crippen LogP contribution >= 0.6 is 11.3 Å². The molecule has 0 bridgehead atoms. The molecule has 3 aliphatic carbocycles. The predicted molar refractivity (Wildman–Crippen MR) is 219 cm³/mol. The van der Waals surface area contributed by atoms with Gasteiger partial charge in [0.2, 0.25) is 0 Å².